The lowest BCUT2D eigenvalue weighted by atomic mass is 9.99. The van der Waals surface area contributed by atoms with Crippen LogP contribution in [-0.2, 0) is 0 Å². The van der Waals surface area contributed by atoms with E-state index in [1.807, 2.05) is 0 Å². The number of pyridine rings is 1. The molecule has 1 atom stereocenters. The topological polar surface area (TPSA) is 60.2 Å². The van der Waals surface area contributed by atoms with Crippen molar-refractivity contribution < 1.29 is 9.13 Å². The van der Waals surface area contributed by atoms with E-state index in [0.29, 0.717) is 11.3 Å². The number of ether oxygens (including phenoxy) is 1. The second-order valence-electron chi connectivity index (χ2n) is 3.74. The predicted octanol–water partition coefficient (Wildman–Crippen LogP) is 1.78. The summed E-state index contributed by atoms with van der Waals surface area (Å²) in [6.45, 7) is 0. The quantitative estimate of drug-likeness (QED) is 0.638. The second-order valence-corrected chi connectivity index (χ2v) is 3.74. The van der Waals surface area contributed by atoms with Crippen molar-refractivity contribution in [1.29, 1.82) is 0 Å². The monoisotopic (exact) mass is 247 g/mol. The Hall–Kier alpha value is -1.98. The Balaban J connectivity index is 2.49. The summed E-state index contributed by atoms with van der Waals surface area (Å²) in [5, 5.41) is 0. The highest BCUT2D eigenvalue weighted by Gasteiger charge is 2.19. The molecule has 2 aromatic rings. The van der Waals surface area contributed by atoms with Gasteiger partial charge in [-0.2, -0.15) is 0 Å². The number of aromatic nitrogens is 1. The molecule has 3 N–H and O–H groups in total. The van der Waals surface area contributed by atoms with E-state index in [1.165, 1.54) is 13.2 Å². The minimum Gasteiger partial charge on any atom is -0.495 e. The standard InChI is InChI=1S/C13H14FN3O/c1-18-12-8-16-7-6-10(12)13(17-15)9-4-2-3-5-11(9)14/h2-8,13,17H,15H2,1H3. The van der Waals surface area contributed by atoms with Gasteiger partial charge in [-0.1, -0.05) is 18.2 Å². The van der Waals surface area contributed by atoms with Crippen LogP contribution in [0.25, 0.3) is 0 Å². The largest absolute Gasteiger partial charge is 0.495 e. The number of hydrazine groups is 1. The van der Waals surface area contributed by atoms with Crippen LogP contribution in [0.3, 0.4) is 0 Å². The Bertz CT molecular complexity index is 533. The zero-order chi connectivity index (χ0) is 13.0. The molecule has 0 aliphatic heterocycles. The molecule has 0 aliphatic carbocycles. The highest BCUT2D eigenvalue weighted by Crippen LogP contribution is 2.29. The molecule has 0 aliphatic rings. The van der Waals surface area contributed by atoms with Gasteiger partial charge >= 0.3 is 0 Å². The Morgan fingerprint density at radius 3 is 2.72 bits per heavy atom. The van der Waals surface area contributed by atoms with Crippen LogP contribution in [0, 0.1) is 5.82 Å². The Morgan fingerprint density at radius 1 is 1.28 bits per heavy atom. The summed E-state index contributed by atoms with van der Waals surface area (Å²) in [6, 6.07) is 7.74. The fourth-order valence-electron chi connectivity index (χ4n) is 1.86. The van der Waals surface area contributed by atoms with Gasteiger partial charge in [-0.3, -0.25) is 10.8 Å². The molecule has 94 valence electrons. The summed E-state index contributed by atoms with van der Waals surface area (Å²) < 4.78 is 19.0. The fourth-order valence-corrected chi connectivity index (χ4v) is 1.86. The van der Waals surface area contributed by atoms with Gasteiger partial charge in [-0.15, -0.1) is 0 Å². The molecular weight excluding hydrogens is 233 g/mol. The van der Waals surface area contributed by atoms with Crippen molar-refractivity contribution in [2.45, 2.75) is 6.04 Å². The summed E-state index contributed by atoms with van der Waals surface area (Å²) in [5.74, 6) is 5.78. The maximum absolute atomic E-state index is 13.8. The molecule has 0 radical (unpaired) electrons. The van der Waals surface area contributed by atoms with Gasteiger partial charge in [0.15, 0.2) is 0 Å². The van der Waals surface area contributed by atoms with Crippen molar-refractivity contribution in [3.63, 3.8) is 0 Å². The first kappa shape index (κ1) is 12.5. The molecule has 18 heavy (non-hydrogen) atoms. The first-order chi connectivity index (χ1) is 8.77. The number of methoxy groups -OCH3 is 1. The molecule has 1 aromatic carbocycles. The molecule has 0 saturated carbocycles. The van der Waals surface area contributed by atoms with Crippen molar-refractivity contribution >= 4 is 0 Å². The molecule has 1 heterocycles. The number of nitrogens with two attached hydrogens (primary N) is 1. The molecule has 0 amide bonds. The molecule has 0 spiro atoms. The summed E-state index contributed by atoms with van der Waals surface area (Å²) in [6.07, 6.45) is 3.18. The third-order valence-electron chi connectivity index (χ3n) is 2.73. The lowest BCUT2D eigenvalue weighted by molar-refractivity contribution is 0.401. The lowest BCUT2D eigenvalue weighted by Gasteiger charge is -2.19. The molecule has 1 aromatic heterocycles. The maximum Gasteiger partial charge on any atom is 0.142 e. The Labute approximate surface area is 105 Å². The van der Waals surface area contributed by atoms with Gasteiger partial charge in [0.25, 0.3) is 0 Å². The van der Waals surface area contributed by atoms with Crippen LogP contribution in [0.5, 0.6) is 5.75 Å². The molecule has 1 unspecified atom stereocenters. The zero-order valence-electron chi connectivity index (χ0n) is 9.93. The van der Waals surface area contributed by atoms with Crippen molar-refractivity contribution in [3.8, 4) is 5.75 Å². The van der Waals surface area contributed by atoms with Gasteiger partial charge in [-0.05, 0) is 12.1 Å². The number of nitrogens with one attached hydrogen (secondary N) is 1. The van der Waals surface area contributed by atoms with E-state index in [-0.39, 0.29) is 5.82 Å². The summed E-state index contributed by atoms with van der Waals surface area (Å²) in [7, 11) is 1.54. The van der Waals surface area contributed by atoms with E-state index >= 15 is 0 Å². The van der Waals surface area contributed by atoms with Crippen LogP contribution in [0.2, 0.25) is 0 Å². The van der Waals surface area contributed by atoms with Crippen molar-refractivity contribution in [2.75, 3.05) is 7.11 Å². The number of benzene rings is 1. The molecule has 0 bridgehead atoms. The van der Waals surface area contributed by atoms with Crippen LogP contribution in [-0.4, -0.2) is 12.1 Å². The van der Waals surface area contributed by atoms with Crippen LogP contribution >= 0.6 is 0 Å². The number of nitrogens with zero attached hydrogens (tertiary/aromatic N) is 1. The predicted molar refractivity (Wildman–Crippen MR) is 66.4 cm³/mol. The van der Waals surface area contributed by atoms with E-state index in [1.54, 1.807) is 36.7 Å². The summed E-state index contributed by atoms with van der Waals surface area (Å²) in [5.41, 5.74) is 3.80. The first-order valence-electron chi connectivity index (χ1n) is 5.46. The molecular formula is C13H14FN3O. The third kappa shape index (κ3) is 2.32. The summed E-state index contributed by atoms with van der Waals surface area (Å²) >= 11 is 0. The van der Waals surface area contributed by atoms with Gasteiger partial charge in [0, 0.05) is 17.3 Å². The third-order valence-corrected chi connectivity index (χ3v) is 2.73. The second kappa shape index (κ2) is 5.57. The normalized spacial score (nSPS) is 12.2. The Kier molecular flexibility index (Phi) is 3.86. The average Bonchev–Trinajstić information content (AvgIpc) is 2.42. The SMILES string of the molecule is COc1cnccc1C(NN)c1ccccc1F. The summed E-state index contributed by atoms with van der Waals surface area (Å²) in [4.78, 5) is 3.96. The number of hydrogen-bond donors (Lipinski definition) is 2. The molecule has 0 saturated heterocycles. The maximum atomic E-state index is 13.8. The van der Waals surface area contributed by atoms with Gasteiger partial charge < -0.3 is 4.74 Å². The van der Waals surface area contributed by atoms with Gasteiger partial charge in [-0.25, -0.2) is 9.82 Å². The minimum atomic E-state index is -0.482. The van der Waals surface area contributed by atoms with Crippen LogP contribution < -0.4 is 16.0 Å². The zero-order valence-corrected chi connectivity index (χ0v) is 9.93. The number of rotatable bonds is 4. The van der Waals surface area contributed by atoms with Crippen molar-refractivity contribution in [1.82, 2.24) is 10.4 Å². The molecule has 2 rings (SSSR count). The fraction of sp³-hybridized carbons (Fsp3) is 0.154. The van der Waals surface area contributed by atoms with Gasteiger partial charge in [0.1, 0.15) is 11.6 Å². The molecule has 0 fully saturated rings. The van der Waals surface area contributed by atoms with Crippen molar-refractivity contribution in [3.05, 3.63) is 59.7 Å². The minimum absolute atomic E-state index is 0.320. The first-order valence-corrected chi connectivity index (χ1v) is 5.46. The number of hydrogen-bond acceptors (Lipinski definition) is 4. The van der Waals surface area contributed by atoms with E-state index in [2.05, 4.69) is 10.4 Å². The highest BCUT2D eigenvalue weighted by molar-refractivity contribution is 5.39. The van der Waals surface area contributed by atoms with Crippen LogP contribution in [0.1, 0.15) is 17.2 Å². The molecule has 5 heteroatoms. The van der Waals surface area contributed by atoms with E-state index in [9.17, 15) is 4.39 Å². The smallest absolute Gasteiger partial charge is 0.142 e. The van der Waals surface area contributed by atoms with E-state index < -0.39 is 6.04 Å². The van der Waals surface area contributed by atoms with Crippen LogP contribution in [0.15, 0.2) is 42.7 Å². The van der Waals surface area contributed by atoms with Crippen molar-refractivity contribution in [2.24, 2.45) is 5.84 Å². The number of halogens is 1. The average molecular weight is 247 g/mol. The van der Waals surface area contributed by atoms with Crippen LogP contribution in [0.4, 0.5) is 4.39 Å². The highest BCUT2D eigenvalue weighted by atomic mass is 19.1. The molecule has 4 nitrogen and oxygen atoms in total. The van der Waals surface area contributed by atoms with E-state index in [0.717, 1.165) is 5.56 Å². The van der Waals surface area contributed by atoms with Gasteiger partial charge in [0.2, 0.25) is 0 Å². The lowest BCUT2D eigenvalue weighted by Crippen LogP contribution is -2.29. The van der Waals surface area contributed by atoms with E-state index in [4.69, 9.17) is 10.6 Å². The van der Waals surface area contributed by atoms with Gasteiger partial charge in [0.05, 0.1) is 19.3 Å². The Morgan fingerprint density at radius 2 is 2.06 bits per heavy atom.